The first kappa shape index (κ1) is 16.9. The second-order valence-electron chi connectivity index (χ2n) is 3.56. The van der Waals surface area contributed by atoms with Crippen LogP contribution in [-0.4, -0.2) is 38.3 Å². The number of methoxy groups -OCH3 is 1. The second kappa shape index (κ2) is 6.55. The predicted molar refractivity (Wildman–Crippen MR) is 78.2 cm³/mol. The molecule has 0 saturated carbocycles. The summed E-state index contributed by atoms with van der Waals surface area (Å²) < 4.78 is 30.7. The molecule has 0 radical (unpaired) electrons. The standard InChI is InChI=1S/C10H9Br2NO6S/c1-19-10(16)6-2-5(11)3-7(12)9(6)13-20(17,18)4-8(14)15/h2-3,13H,4H2,1H3,(H,14,15). The van der Waals surface area contributed by atoms with E-state index in [1.165, 1.54) is 12.1 Å². The summed E-state index contributed by atoms with van der Waals surface area (Å²) in [4.78, 5) is 22.1. The van der Waals surface area contributed by atoms with Gasteiger partial charge in [-0.15, -0.1) is 0 Å². The number of carbonyl (C=O) groups excluding carboxylic acids is 1. The molecule has 0 aliphatic carbocycles. The van der Waals surface area contributed by atoms with Crippen LogP contribution in [0.3, 0.4) is 0 Å². The number of benzene rings is 1. The van der Waals surface area contributed by atoms with Crippen LogP contribution >= 0.6 is 31.9 Å². The summed E-state index contributed by atoms with van der Waals surface area (Å²) in [7, 11) is -2.99. The number of sulfonamides is 1. The van der Waals surface area contributed by atoms with E-state index in [2.05, 4.69) is 41.3 Å². The summed E-state index contributed by atoms with van der Waals surface area (Å²) in [6.45, 7) is 0. The summed E-state index contributed by atoms with van der Waals surface area (Å²) in [5.74, 6) is -3.39. The molecule has 0 bridgehead atoms. The molecule has 7 nitrogen and oxygen atoms in total. The Morgan fingerprint density at radius 3 is 2.45 bits per heavy atom. The van der Waals surface area contributed by atoms with Crippen LogP contribution in [0.5, 0.6) is 0 Å². The number of halogens is 2. The zero-order chi connectivity index (χ0) is 15.5. The van der Waals surface area contributed by atoms with E-state index in [1.807, 2.05) is 0 Å². The quantitative estimate of drug-likeness (QED) is 0.689. The van der Waals surface area contributed by atoms with E-state index in [0.717, 1.165) is 7.11 Å². The number of carboxylic acid groups (broad SMARTS) is 1. The van der Waals surface area contributed by atoms with Crippen LogP contribution in [0.2, 0.25) is 0 Å². The lowest BCUT2D eigenvalue weighted by Gasteiger charge is -2.13. The van der Waals surface area contributed by atoms with Gasteiger partial charge in [0, 0.05) is 8.95 Å². The first-order chi connectivity index (χ1) is 9.16. The lowest BCUT2D eigenvalue weighted by Crippen LogP contribution is -2.24. The molecule has 110 valence electrons. The first-order valence-electron chi connectivity index (χ1n) is 4.96. The van der Waals surface area contributed by atoms with Crippen molar-refractivity contribution in [2.45, 2.75) is 0 Å². The fourth-order valence-electron chi connectivity index (χ4n) is 1.30. The lowest BCUT2D eigenvalue weighted by atomic mass is 10.2. The molecule has 1 aromatic rings. The van der Waals surface area contributed by atoms with Crippen LogP contribution in [0.1, 0.15) is 10.4 Å². The van der Waals surface area contributed by atoms with Crippen LogP contribution in [0, 0.1) is 0 Å². The Labute approximate surface area is 131 Å². The van der Waals surface area contributed by atoms with Gasteiger partial charge in [-0.05, 0) is 28.1 Å². The van der Waals surface area contributed by atoms with Crippen molar-refractivity contribution in [3.63, 3.8) is 0 Å². The van der Waals surface area contributed by atoms with Crippen molar-refractivity contribution in [2.75, 3.05) is 17.6 Å². The Morgan fingerprint density at radius 1 is 1.35 bits per heavy atom. The average Bonchev–Trinajstić information content (AvgIpc) is 2.29. The number of anilines is 1. The highest BCUT2D eigenvalue weighted by Crippen LogP contribution is 2.32. The number of esters is 1. The van der Waals surface area contributed by atoms with Gasteiger partial charge in [0.05, 0.1) is 18.4 Å². The fraction of sp³-hybridized carbons (Fsp3) is 0.200. The monoisotopic (exact) mass is 429 g/mol. The summed E-state index contributed by atoms with van der Waals surface area (Å²) in [6, 6.07) is 2.86. The minimum Gasteiger partial charge on any atom is -0.480 e. The Morgan fingerprint density at radius 2 is 1.95 bits per heavy atom. The number of hydrogen-bond acceptors (Lipinski definition) is 5. The topological polar surface area (TPSA) is 110 Å². The lowest BCUT2D eigenvalue weighted by molar-refractivity contribution is -0.134. The number of ether oxygens (including phenoxy) is 1. The third-order valence-electron chi connectivity index (χ3n) is 2.03. The van der Waals surface area contributed by atoms with Gasteiger partial charge in [0.25, 0.3) is 0 Å². The van der Waals surface area contributed by atoms with Gasteiger partial charge in [-0.25, -0.2) is 13.2 Å². The summed E-state index contributed by atoms with van der Waals surface area (Å²) in [5, 5.41) is 8.54. The molecule has 1 rings (SSSR count). The molecule has 0 fully saturated rings. The van der Waals surface area contributed by atoms with Gasteiger partial charge in [-0.2, -0.15) is 0 Å². The Bertz CT molecular complexity index is 658. The van der Waals surface area contributed by atoms with Crippen molar-refractivity contribution >= 4 is 59.5 Å². The molecule has 0 atom stereocenters. The van der Waals surface area contributed by atoms with Crippen molar-refractivity contribution in [3.8, 4) is 0 Å². The van der Waals surface area contributed by atoms with Gasteiger partial charge >= 0.3 is 11.9 Å². The number of carboxylic acids is 1. The van der Waals surface area contributed by atoms with Gasteiger partial charge in [0.15, 0.2) is 5.75 Å². The largest absolute Gasteiger partial charge is 0.480 e. The second-order valence-corrected chi connectivity index (χ2v) is 7.05. The number of carbonyl (C=O) groups is 2. The van der Waals surface area contributed by atoms with Crippen molar-refractivity contribution in [1.82, 2.24) is 0 Å². The van der Waals surface area contributed by atoms with Gasteiger partial charge in [0.1, 0.15) is 0 Å². The molecule has 0 unspecified atom stereocenters. The fourth-order valence-corrected chi connectivity index (χ4v) is 3.69. The minimum atomic E-state index is -4.14. The van der Waals surface area contributed by atoms with Crippen LogP contribution in [0.4, 0.5) is 5.69 Å². The number of nitrogens with one attached hydrogen (secondary N) is 1. The first-order valence-corrected chi connectivity index (χ1v) is 8.19. The maximum Gasteiger partial charge on any atom is 0.340 e. The molecule has 20 heavy (non-hydrogen) atoms. The minimum absolute atomic E-state index is 0.0530. The van der Waals surface area contributed by atoms with Crippen LogP contribution in [0.25, 0.3) is 0 Å². The van der Waals surface area contributed by atoms with E-state index < -0.39 is 27.7 Å². The molecule has 0 aliphatic rings. The molecule has 0 aliphatic heterocycles. The van der Waals surface area contributed by atoms with Crippen molar-refractivity contribution < 1.29 is 27.9 Å². The van der Waals surface area contributed by atoms with E-state index in [-0.39, 0.29) is 15.7 Å². The van der Waals surface area contributed by atoms with Crippen molar-refractivity contribution in [1.29, 1.82) is 0 Å². The molecule has 10 heteroatoms. The maximum absolute atomic E-state index is 11.6. The number of rotatable bonds is 5. The molecule has 0 aromatic heterocycles. The smallest absolute Gasteiger partial charge is 0.340 e. The Balaban J connectivity index is 3.30. The predicted octanol–water partition coefficient (Wildman–Crippen LogP) is 1.82. The van der Waals surface area contributed by atoms with Crippen LogP contribution in [-0.2, 0) is 19.6 Å². The van der Waals surface area contributed by atoms with E-state index >= 15 is 0 Å². The summed E-state index contributed by atoms with van der Waals surface area (Å²) >= 11 is 6.26. The normalized spacial score (nSPS) is 10.9. The third-order valence-corrected chi connectivity index (χ3v) is 4.26. The number of aliphatic carboxylic acids is 1. The van der Waals surface area contributed by atoms with E-state index in [0.29, 0.717) is 4.47 Å². The SMILES string of the molecule is COC(=O)c1cc(Br)cc(Br)c1NS(=O)(=O)CC(=O)O. The molecule has 0 heterocycles. The van der Waals surface area contributed by atoms with Gasteiger partial charge < -0.3 is 9.84 Å². The zero-order valence-corrected chi connectivity index (χ0v) is 14.0. The molecule has 0 saturated heterocycles. The third kappa shape index (κ3) is 4.46. The molecular formula is C10H9Br2NO6S. The van der Waals surface area contributed by atoms with Crippen LogP contribution in [0.15, 0.2) is 21.1 Å². The molecular weight excluding hydrogens is 422 g/mol. The van der Waals surface area contributed by atoms with Crippen molar-refractivity contribution in [2.24, 2.45) is 0 Å². The van der Waals surface area contributed by atoms with Gasteiger partial charge in [0.2, 0.25) is 10.0 Å². The van der Waals surface area contributed by atoms with Crippen molar-refractivity contribution in [3.05, 3.63) is 26.6 Å². The Kier molecular flexibility index (Phi) is 5.54. The molecule has 1 aromatic carbocycles. The highest BCUT2D eigenvalue weighted by atomic mass is 79.9. The molecule has 0 spiro atoms. The van der Waals surface area contributed by atoms with E-state index in [1.54, 1.807) is 0 Å². The summed E-state index contributed by atoms with van der Waals surface area (Å²) in [6.07, 6.45) is 0. The van der Waals surface area contributed by atoms with E-state index in [4.69, 9.17) is 5.11 Å². The average molecular weight is 431 g/mol. The number of hydrogen-bond donors (Lipinski definition) is 2. The maximum atomic E-state index is 11.6. The highest BCUT2D eigenvalue weighted by Gasteiger charge is 2.22. The van der Waals surface area contributed by atoms with Gasteiger partial charge in [-0.1, -0.05) is 15.9 Å². The Hall–Kier alpha value is -1.13. The van der Waals surface area contributed by atoms with Crippen LogP contribution < -0.4 is 4.72 Å². The van der Waals surface area contributed by atoms with Gasteiger partial charge in [-0.3, -0.25) is 9.52 Å². The molecule has 2 N–H and O–H groups in total. The molecule has 0 amide bonds. The zero-order valence-electron chi connectivity index (χ0n) is 10.0. The highest BCUT2D eigenvalue weighted by molar-refractivity contribution is 9.11. The van der Waals surface area contributed by atoms with E-state index in [9.17, 15) is 18.0 Å². The summed E-state index contributed by atoms with van der Waals surface area (Å²) in [5.41, 5.74) is -0.135.